The van der Waals surface area contributed by atoms with Crippen molar-refractivity contribution < 1.29 is 28.5 Å². The zero-order valence-corrected chi connectivity index (χ0v) is 17.5. The maximum absolute atomic E-state index is 12.8. The number of hydrogen-bond acceptors (Lipinski definition) is 7. The van der Waals surface area contributed by atoms with Gasteiger partial charge in [0, 0.05) is 18.4 Å². The highest BCUT2D eigenvalue weighted by Gasteiger charge is 2.52. The molecule has 0 spiro atoms. The molecule has 0 aromatic carbocycles. The van der Waals surface area contributed by atoms with Crippen LogP contribution in [-0.2, 0) is 23.7 Å². The number of carbonyl (C=O) groups excluding carboxylic acids is 2. The van der Waals surface area contributed by atoms with Crippen molar-refractivity contribution >= 4 is 12.1 Å². The van der Waals surface area contributed by atoms with E-state index in [0.29, 0.717) is 25.9 Å². The summed E-state index contributed by atoms with van der Waals surface area (Å²) in [6, 6.07) is -0.750. The zero-order chi connectivity index (χ0) is 20.6. The summed E-state index contributed by atoms with van der Waals surface area (Å²) in [6.45, 7) is 13.2. The molecule has 0 aromatic rings. The number of nitrogens with zero attached hydrogens (tertiary/aromatic N) is 1. The van der Waals surface area contributed by atoms with Crippen LogP contribution in [0.5, 0.6) is 0 Å². The van der Waals surface area contributed by atoms with E-state index >= 15 is 0 Å². The Labute approximate surface area is 161 Å². The Morgan fingerprint density at radius 3 is 2.11 bits per heavy atom. The fraction of sp³-hybridized carbons (Fsp3) is 0.895. The summed E-state index contributed by atoms with van der Waals surface area (Å²) in [5.74, 6) is -0.451. The third kappa shape index (κ3) is 5.80. The Balaban J connectivity index is 2.20. The van der Waals surface area contributed by atoms with E-state index in [1.165, 1.54) is 4.90 Å². The van der Waals surface area contributed by atoms with Crippen molar-refractivity contribution in [3.05, 3.63) is 0 Å². The van der Waals surface area contributed by atoms with Crippen molar-refractivity contribution in [1.29, 1.82) is 0 Å². The fourth-order valence-corrected chi connectivity index (χ4v) is 3.42. The van der Waals surface area contributed by atoms with E-state index in [1.807, 2.05) is 6.92 Å². The largest absolute Gasteiger partial charge is 0.458 e. The fourth-order valence-electron chi connectivity index (χ4n) is 3.42. The third-order valence-electron chi connectivity index (χ3n) is 4.53. The number of ether oxygens (including phenoxy) is 4. The highest BCUT2D eigenvalue weighted by molar-refractivity contribution is 5.82. The lowest BCUT2D eigenvalue weighted by atomic mass is 9.81. The summed E-state index contributed by atoms with van der Waals surface area (Å²) in [4.78, 5) is 27.0. The van der Waals surface area contributed by atoms with Crippen molar-refractivity contribution in [1.82, 2.24) is 4.90 Å². The van der Waals surface area contributed by atoms with E-state index < -0.39 is 34.7 Å². The van der Waals surface area contributed by atoms with E-state index in [9.17, 15) is 9.59 Å². The van der Waals surface area contributed by atoms with Crippen LogP contribution in [0.4, 0.5) is 4.79 Å². The molecule has 2 rings (SSSR count). The summed E-state index contributed by atoms with van der Waals surface area (Å²) in [5.41, 5.74) is 4.25. The lowest BCUT2D eigenvalue weighted by Crippen LogP contribution is -2.47. The molecular formula is C19H34N2O6. The molecule has 1 unspecified atom stereocenters. The standard InChI is InChI=1S/C19H34N2O6/c1-12-24-14(25-12)9-19(10-20)8-13(15(22)26-17(2,3)4)21(11-19)16(23)27-18(5,6)7/h12-14H,8-11,20H2,1-7H3/t12?,13-,14?,19?/m0/s1. The van der Waals surface area contributed by atoms with Crippen LogP contribution in [0, 0.1) is 5.41 Å². The summed E-state index contributed by atoms with van der Waals surface area (Å²) >= 11 is 0. The number of esters is 1. The van der Waals surface area contributed by atoms with Gasteiger partial charge >= 0.3 is 12.1 Å². The monoisotopic (exact) mass is 386 g/mol. The first kappa shape index (κ1) is 21.9. The number of hydrogen-bond donors (Lipinski definition) is 1. The second-order valence-electron chi connectivity index (χ2n) is 9.54. The Hall–Kier alpha value is -1.38. The lowest BCUT2D eigenvalue weighted by molar-refractivity contribution is -0.382. The number of carbonyl (C=O) groups is 2. The minimum Gasteiger partial charge on any atom is -0.458 e. The molecule has 0 bridgehead atoms. The van der Waals surface area contributed by atoms with Crippen LogP contribution in [0.2, 0.25) is 0 Å². The average molecular weight is 386 g/mol. The second-order valence-corrected chi connectivity index (χ2v) is 9.54. The van der Waals surface area contributed by atoms with Crippen molar-refractivity contribution in [2.24, 2.45) is 11.1 Å². The summed E-state index contributed by atoms with van der Waals surface area (Å²) < 4.78 is 22.2. The second kappa shape index (κ2) is 7.56. The number of rotatable bonds is 4. The van der Waals surface area contributed by atoms with E-state index in [-0.39, 0.29) is 12.6 Å². The van der Waals surface area contributed by atoms with Crippen molar-refractivity contribution in [2.45, 2.75) is 91.1 Å². The maximum atomic E-state index is 12.8. The quantitative estimate of drug-likeness (QED) is 0.740. The minimum atomic E-state index is -0.750. The van der Waals surface area contributed by atoms with Gasteiger partial charge in [0.25, 0.3) is 0 Å². The van der Waals surface area contributed by atoms with Crippen LogP contribution >= 0.6 is 0 Å². The van der Waals surface area contributed by atoms with Gasteiger partial charge in [-0.15, -0.1) is 0 Å². The Morgan fingerprint density at radius 2 is 1.67 bits per heavy atom. The summed E-state index contributed by atoms with van der Waals surface area (Å²) in [7, 11) is 0. The van der Waals surface area contributed by atoms with Crippen LogP contribution in [-0.4, -0.2) is 59.9 Å². The average Bonchev–Trinajstić information content (AvgIpc) is 2.83. The highest BCUT2D eigenvalue weighted by Crippen LogP contribution is 2.42. The molecule has 0 aliphatic carbocycles. The first-order valence-electron chi connectivity index (χ1n) is 9.47. The van der Waals surface area contributed by atoms with Crippen LogP contribution in [0.25, 0.3) is 0 Å². The molecule has 2 atom stereocenters. The van der Waals surface area contributed by atoms with Gasteiger partial charge in [-0.3, -0.25) is 4.90 Å². The Kier molecular flexibility index (Phi) is 6.14. The molecule has 0 radical (unpaired) electrons. The van der Waals surface area contributed by atoms with Gasteiger partial charge in [0.2, 0.25) is 0 Å². The van der Waals surface area contributed by atoms with Gasteiger partial charge in [-0.2, -0.15) is 0 Å². The van der Waals surface area contributed by atoms with Gasteiger partial charge in [-0.25, -0.2) is 9.59 Å². The van der Waals surface area contributed by atoms with Gasteiger partial charge in [0.05, 0.1) is 0 Å². The molecule has 0 aromatic heterocycles. The normalized spacial score (nSPS) is 31.4. The number of amides is 1. The topological polar surface area (TPSA) is 100 Å². The zero-order valence-electron chi connectivity index (χ0n) is 17.5. The van der Waals surface area contributed by atoms with Crippen molar-refractivity contribution in [3.8, 4) is 0 Å². The van der Waals surface area contributed by atoms with Crippen LogP contribution in [0.1, 0.15) is 61.3 Å². The summed E-state index contributed by atoms with van der Waals surface area (Å²) in [5, 5.41) is 0. The minimum absolute atomic E-state index is 0.241. The highest BCUT2D eigenvalue weighted by atomic mass is 16.9. The third-order valence-corrected chi connectivity index (χ3v) is 4.53. The van der Waals surface area contributed by atoms with E-state index in [2.05, 4.69) is 0 Å². The molecule has 2 N–H and O–H groups in total. The molecule has 2 saturated heterocycles. The molecule has 0 saturated carbocycles. The molecule has 8 nitrogen and oxygen atoms in total. The van der Waals surface area contributed by atoms with E-state index in [1.54, 1.807) is 41.5 Å². The van der Waals surface area contributed by atoms with Gasteiger partial charge in [0.15, 0.2) is 12.6 Å². The van der Waals surface area contributed by atoms with Crippen LogP contribution in [0.3, 0.4) is 0 Å². The van der Waals surface area contributed by atoms with Gasteiger partial charge in [0.1, 0.15) is 17.2 Å². The SMILES string of the molecule is CC1OC(CC2(CN)C[C@@H](C(=O)OC(C)(C)C)N(C(=O)OC(C)(C)C)C2)O1. The van der Waals surface area contributed by atoms with Crippen LogP contribution in [0.15, 0.2) is 0 Å². The molecule has 156 valence electrons. The molecule has 2 aliphatic heterocycles. The van der Waals surface area contributed by atoms with Gasteiger partial charge < -0.3 is 24.7 Å². The molecule has 1 amide bonds. The first-order chi connectivity index (χ1) is 12.2. The lowest BCUT2D eigenvalue weighted by Gasteiger charge is -2.39. The Bertz CT molecular complexity index is 524. The number of likely N-dealkylation sites (tertiary alicyclic amines) is 1. The van der Waals surface area contributed by atoms with Crippen molar-refractivity contribution in [2.75, 3.05) is 13.1 Å². The van der Waals surface area contributed by atoms with Gasteiger partial charge in [-0.1, -0.05) is 0 Å². The summed E-state index contributed by atoms with van der Waals surface area (Å²) in [6.07, 6.45) is -0.268. The maximum Gasteiger partial charge on any atom is 0.411 e. The predicted molar refractivity (Wildman–Crippen MR) is 98.7 cm³/mol. The molecule has 2 aliphatic rings. The smallest absolute Gasteiger partial charge is 0.411 e. The molecule has 2 fully saturated rings. The van der Waals surface area contributed by atoms with Crippen LogP contribution < -0.4 is 5.73 Å². The van der Waals surface area contributed by atoms with E-state index in [0.717, 1.165) is 0 Å². The number of nitrogens with two attached hydrogens (primary N) is 1. The molecular weight excluding hydrogens is 352 g/mol. The predicted octanol–water partition coefficient (Wildman–Crippen LogP) is 2.39. The molecule has 2 heterocycles. The Morgan fingerprint density at radius 1 is 1.11 bits per heavy atom. The van der Waals surface area contributed by atoms with Gasteiger partial charge in [-0.05, 0) is 61.4 Å². The van der Waals surface area contributed by atoms with Crippen molar-refractivity contribution in [3.63, 3.8) is 0 Å². The first-order valence-corrected chi connectivity index (χ1v) is 9.47. The molecule has 8 heteroatoms. The molecule has 27 heavy (non-hydrogen) atoms. The van der Waals surface area contributed by atoms with E-state index in [4.69, 9.17) is 24.7 Å².